The van der Waals surface area contributed by atoms with Crippen molar-refractivity contribution in [2.45, 2.75) is 0 Å². The van der Waals surface area contributed by atoms with Crippen LogP contribution in [-0.4, -0.2) is 47.3 Å². The summed E-state index contributed by atoms with van der Waals surface area (Å²) in [5.41, 5.74) is 5.82. The number of ether oxygens (including phenoxy) is 2. The number of nitrogens with two attached hydrogens (primary N) is 1. The van der Waals surface area contributed by atoms with Gasteiger partial charge in [0.05, 0.1) is 37.4 Å². The zero-order valence-electron chi connectivity index (χ0n) is 15.6. The third-order valence-electron chi connectivity index (χ3n) is 3.81. The van der Waals surface area contributed by atoms with Gasteiger partial charge in [-0.2, -0.15) is 0 Å². The molecule has 10 heteroatoms. The van der Waals surface area contributed by atoms with Crippen LogP contribution in [0.25, 0.3) is 0 Å². The molecule has 0 bridgehead atoms. The number of rotatable bonds is 8. The van der Waals surface area contributed by atoms with E-state index in [2.05, 4.69) is 5.32 Å². The smallest absolute Gasteiger partial charge is 0.250 e. The maximum absolute atomic E-state index is 12.5. The highest BCUT2D eigenvalue weighted by molar-refractivity contribution is 7.92. The van der Waals surface area contributed by atoms with E-state index in [9.17, 15) is 18.0 Å². The van der Waals surface area contributed by atoms with Gasteiger partial charge in [0.25, 0.3) is 5.91 Å². The van der Waals surface area contributed by atoms with Crippen molar-refractivity contribution in [3.8, 4) is 11.5 Å². The molecule has 2 rings (SSSR count). The fraction of sp³-hybridized carbons (Fsp3) is 0.222. The summed E-state index contributed by atoms with van der Waals surface area (Å²) in [6.07, 6.45) is 0.980. The minimum Gasteiger partial charge on any atom is -0.493 e. The lowest BCUT2D eigenvalue weighted by molar-refractivity contribution is -0.114. The van der Waals surface area contributed by atoms with Crippen molar-refractivity contribution in [3.63, 3.8) is 0 Å². The number of amides is 2. The Morgan fingerprint density at radius 2 is 1.71 bits per heavy atom. The van der Waals surface area contributed by atoms with Crippen molar-refractivity contribution in [1.82, 2.24) is 0 Å². The Hall–Kier alpha value is -3.27. The number of carbonyl (C=O) groups is 2. The molecule has 0 heterocycles. The Morgan fingerprint density at radius 3 is 2.29 bits per heavy atom. The molecule has 150 valence electrons. The molecule has 2 aromatic rings. The van der Waals surface area contributed by atoms with E-state index in [0.29, 0.717) is 11.5 Å². The van der Waals surface area contributed by atoms with Crippen molar-refractivity contribution >= 4 is 33.2 Å². The predicted molar refractivity (Wildman–Crippen MR) is 105 cm³/mol. The molecule has 0 fully saturated rings. The number of sulfonamides is 1. The molecule has 0 radical (unpaired) electrons. The number of nitrogens with one attached hydrogen (secondary N) is 1. The van der Waals surface area contributed by atoms with E-state index in [4.69, 9.17) is 15.2 Å². The number of methoxy groups -OCH3 is 2. The van der Waals surface area contributed by atoms with Gasteiger partial charge < -0.3 is 20.5 Å². The highest BCUT2D eigenvalue weighted by Crippen LogP contribution is 2.32. The van der Waals surface area contributed by atoms with Crippen LogP contribution in [0, 0.1) is 0 Å². The zero-order valence-corrected chi connectivity index (χ0v) is 16.4. The van der Waals surface area contributed by atoms with Crippen LogP contribution < -0.4 is 24.8 Å². The number of para-hydroxylation sites is 1. The maximum Gasteiger partial charge on any atom is 0.250 e. The second kappa shape index (κ2) is 8.61. The van der Waals surface area contributed by atoms with Gasteiger partial charge in [0.1, 0.15) is 6.54 Å². The van der Waals surface area contributed by atoms with Gasteiger partial charge >= 0.3 is 0 Å². The van der Waals surface area contributed by atoms with Crippen LogP contribution in [0.3, 0.4) is 0 Å². The van der Waals surface area contributed by atoms with E-state index in [1.807, 2.05) is 0 Å². The number of primary amides is 1. The first-order chi connectivity index (χ1) is 13.2. The molecule has 3 N–H and O–H groups in total. The van der Waals surface area contributed by atoms with Crippen LogP contribution in [0.2, 0.25) is 0 Å². The summed E-state index contributed by atoms with van der Waals surface area (Å²) in [6, 6.07) is 10.6. The molecule has 0 aliphatic carbocycles. The minimum absolute atomic E-state index is 0.118. The van der Waals surface area contributed by atoms with E-state index in [0.717, 1.165) is 10.6 Å². The largest absolute Gasteiger partial charge is 0.493 e. The van der Waals surface area contributed by atoms with Crippen LogP contribution in [0.15, 0.2) is 42.5 Å². The van der Waals surface area contributed by atoms with E-state index >= 15 is 0 Å². The molecule has 0 atom stereocenters. The lowest BCUT2D eigenvalue weighted by Gasteiger charge is -2.23. The van der Waals surface area contributed by atoms with Crippen molar-refractivity contribution in [1.29, 1.82) is 0 Å². The van der Waals surface area contributed by atoms with Crippen molar-refractivity contribution < 1.29 is 27.5 Å². The van der Waals surface area contributed by atoms with Gasteiger partial charge in [-0.25, -0.2) is 8.42 Å². The summed E-state index contributed by atoms with van der Waals surface area (Å²) < 4.78 is 35.7. The molecular weight excluding hydrogens is 386 g/mol. The number of hydrogen-bond acceptors (Lipinski definition) is 6. The van der Waals surface area contributed by atoms with Crippen molar-refractivity contribution in [2.75, 3.05) is 36.6 Å². The summed E-state index contributed by atoms with van der Waals surface area (Å²) in [4.78, 5) is 23.9. The van der Waals surface area contributed by atoms with Crippen molar-refractivity contribution in [3.05, 3.63) is 48.0 Å². The fourth-order valence-electron chi connectivity index (χ4n) is 2.51. The summed E-state index contributed by atoms with van der Waals surface area (Å²) in [7, 11) is -0.921. The predicted octanol–water partition coefficient (Wildman–Crippen LogP) is 1.21. The number of nitrogens with zero attached hydrogens (tertiary/aromatic N) is 1. The molecule has 0 unspecified atom stereocenters. The van der Waals surface area contributed by atoms with Gasteiger partial charge in [-0.1, -0.05) is 12.1 Å². The summed E-state index contributed by atoms with van der Waals surface area (Å²) >= 11 is 0. The summed E-state index contributed by atoms with van der Waals surface area (Å²) in [5, 5.41) is 2.51. The topological polar surface area (TPSA) is 128 Å². The standard InChI is InChI=1S/C18H21N3O6S/c1-26-15-9-8-12(10-16(15)27-2)21(28(3,24)25)11-17(22)20-14-7-5-4-6-13(14)18(19)23/h4-10H,11H2,1-3H3,(H2,19,23)(H,20,22). The number of anilines is 2. The monoisotopic (exact) mass is 407 g/mol. The maximum atomic E-state index is 12.5. The van der Waals surface area contributed by atoms with Gasteiger partial charge in [0.2, 0.25) is 15.9 Å². The lowest BCUT2D eigenvalue weighted by Crippen LogP contribution is -2.37. The van der Waals surface area contributed by atoms with Crippen LogP contribution in [-0.2, 0) is 14.8 Å². The van der Waals surface area contributed by atoms with E-state index in [-0.39, 0.29) is 16.9 Å². The fourth-order valence-corrected chi connectivity index (χ4v) is 3.36. The van der Waals surface area contributed by atoms with E-state index in [1.165, 1.54) is 44.6 Å². The third-order valence-corrected chi connectivity index (χ3v) is 4.95. The van der Waals surface area contributed by atoms with Gasteiger partial charge in [-0.15, -0.1) is 0 Å². The summed E-state index contributed by atoms with van der Waals surface area (Å²) in [6.45, 7) is -0.512. The molecule has 0 aliphatic rings. The average molecular weight is 407 g/mol. The molecule has 0 aromatic heterocycles. The molecule has 28 heavy (non-hydrogen) atoms. The van der Waals surface area contributed by atoms with Crippen LogP contribution >= 0.6 is 0 Å². The molecular formula is C18H21N3O6S. The second-order valence-corrected chi connectivity index (χ2v) is 7.67. The Balaban J connectivity index is 2.31. The van der Waals surface area contributed by atoms with Gasteiger partial charge in [0.15, 0.2) is 11.5 Å². The Morgan fingerprint density at radius 1 is 1.07 bits per heavy atom. The van der Waals surface area contributed by atoms with Gasteiger partial charge in [-0.3, -0.25) is 13.9 Å². The number of benzene rings is 2. The average Bonchev–Trinajstić information content (AvgIpc) is 2.65. The third kappa shape index (κ3) is 4.92. The zero-order chi connectivity index (χ0) is 20.9. The Bertz CT molecular complexity index is 991. The SMILES string of the molecule is COc1ccc(N(CC(=O)Nc2ccccc2C(N)=O)S(C)(=O)=O)cc1OC. The van der Waals surface area contributed by atoms with Crippen LogP contribution in [0.4, 0.5) is 11.4 Å². The quantitative estimate of drug-likeness (QED) is 0.677. The van der Waals surface area contributed by atoms with Gasteiger partial charge in [-0.05, 0) is 24.3 Å². The van der Waals surface area contributed by atoms with Crippen LogP contribution in [0.5, 0.6) is 11.5 Å². The molecule has 0 saturated heterocycles. The molecule has 2 aromatic carbocycles. The molecule has 0 spiro atoms. The van der Waals surface area contributed by atoms with E-state index in [1.54, 1.807) is 12.1 Å². The Labute approximate surface area is 163 Å². The van der Waals surface area contributed by atoms with Gasteiger partial charge in [0, 0.05) is 6.07 Å². The molecule has 0 saturated carbocycles. The van der Waals surface area contributed by atoms with Crippen molar-refractivity contribution in [2.24, 2.45) is 5.73 Å². The number of hydrogen-bond donors (Lipinski definition) is 2. The normalized spacial score (nSPS) is 10.8. The second-order valence-electron chi connectivity index (χ2n) is 5.77. The first kappa shape index (κ1) is 21.0. The van der Waals surface area contributed by atoms with E-state index < -0.39 is 28.4 Å². The molecule has 2 amide bonds. The van der Waals surface area contributed by atoms with Crippen LogP contribution in [0.1, 0.15) is 10.4 Å². The molecule has 0 aliphatic heterocycles. The lowest BCUT2D eigenvalue weighted by atomic mass is 10.1. The minimum atomic E-state index is -3.79. The highest BCUT2D eigenvalue weighted by Gasteiger charge is 2.23. The first-order valence-corrected chi connectivity index (χ1v) is 9.90. The number of carbonyl (C=O) groups excluding carboxylic acids is 2. The Kier molecular flexibility index (Phi) is 6.47. The first-order valence-electron chi connectivity index (χ1n) is 8.05. The highest BCUT2D eigenvalue weighted by atomic mass is 32.2. The summed E-state index contributed by atoms with van der Waals surface area (Å²) in [5.74, 6) is -0.627. The molecule has 9 nitrogen and oxygen atoms in total.